The van der Waals surface area contributed by atoms with Gasteiger partial charge < -0.3 is 54.2 Å². The number of carbonyl (C=O) groups is 5. The number of amides is 4. The summed E-state index contributed by atoms with van der Waals surface area (Å²) in [7, 11) is 0. The van der Waals surface area contributed by atoms with Gasteiger partial charge in [0.2, 0.25) is 23.6 Å². The third-order valence-corrected chi connectivity index (χ3v) is 5.14. The van der Waals surface area contributed by atoms with Crippen molar-refractivity contribution in [3.05, 3.63) is 29.8 Å². The number of aliphatic hydroxyl groups is 1. The monoisotopic (exact) mass is 538 g/mol. The molecular formula is C22H34N8O8. The molecule has 0 aliphatic heterocycles. The molecule has 4 amide bonds. The fraction of sp³-hybridized carbons (Fsp3) is 0.455. The maximum atomic E-state index is 13.0. The molecule has 16 nitrogen and oxygen atoms in total. The quantitative estimate of drug-likeness (QED) is 0.0545. The Hall–Kier alpha value is -4.44. The first kappa shape index (κ1) is 31.6. The zero-order chi connectivity index (χ0) is 28.8. The van der Waals surface area contributed by atoms with Crippen LogP contribution in [-0.2, 0) is 30.4 Å². The number of rotatable bonds is 16. The van der Waals surface area contributed by atoms with Gasteiger partial charge in [-0.05, 0) is 37.0 Å². The number of aliphatic hydroxyl groups excluding tert-OH is 1. The highest BCUT2D eigenvalue weighted by Gasteiger charge is 2.31. The Labute approximate surface area is 217 Å². The average molecular weight is 539 g/mol. The molecule has 210 valence electrons. The molecular weight excluding hydrogens is 504 g/mol. The molecule has 0 heterocycles. The number of nitrogens with zero attached hydrogens (tertiary/aromatic N) is 1. The number of phenolic OH excluding ortho intramolecular Hbond substituents is 1. The van der Waals surface area contributed by atoms with Gasteiger partial charge in [0.05, 0.1) is 19.1 Å². The summed E-state index contributed by atoms with van der Waals surface area (Å²) >= 11 is 0. The van der Waals surface area contributed by atoms with Crippen molar-refractivity contribution < 1.29 is 39.3 Å². The number of carboxylic acids is 1. The summed E-state index contributed by atoms with van der Waals surface area (Å²) in [6.07, 6.45) is -0.384. The summed E-state index contributed by atoms with van der Waals surface area (Å²) in [6, 6.07) is 0.374. The first-order valence-electron chi connectivity index (χ1n) is 11.5. The number of primary amides is 1. The third kappa shape index (κ3) is 11.5. The lowest BCUT2D eigenvalue weighted by Gasteiger charge is -2.24. The smallest absolute Gasteiger partial charge is 0.328 e. The van der Waals surface area contributed by atoms with Gasteiger partial charge in [0.25, 0.3) is 0 Å². The van der Waals surface area contributed by atoms with Crippen LogP contribution in [-0.4, -0.2) is 88.2 Å². The second kappa shape index (κ2) is 15.6. The lowest BCUT2D eigenvalue weighted by Crippen LogP contribution is -2.58. The van der Waals surface area contributed by atoms with Gasteiger partial charge in [-0.25, -0.2) is 4.79 Å². The second-order valence-corrected chi connectivity index (χ2v) is 8.30. The van der Waals surface area contributed by atoms with E-state index in [0.717, 1.165) is 0 Å². The standard InChI is InChI=1S/C22H34N8O8/c23-13(8-11-3-5-12(32)6-4-11)18(34)28-14(2-1-7-27-22(25)26)19(35)29-15(9-17(24)33)20(36)30-16(10-31)21(37)38/h3-6,13-16,31-32H,1-2,7-10,23H2,(H2,24,33)(H,28,34)(H,29,35)(H,30,36)(H,37,38)(H4,25,26,27). The maximum absolute atomic E-state index is 13.0. The van der Waals surface area contributed by atoms with E-state index in [1.165, 1.54) is 12.1 Å². The third-order valence-electron chi connectivity index (χ3n) is 5.14. The Balaban J connectivity index is 3.01. The summed E-state index contributed by atoms with van der Waals surface area (Å²) in [5.41, 5.74) is 22.4. The Morgan fingerprint density at radius 3 is 1.95 bits per heavy atom. The largest absolute Gasteiger partial charge is 0.508 e. The maximum Gasteiger partial charge on any atom is 0.328 e. The van der Waals surface area contributed by atoms with Crippen LogP contribution >= 0.6 is 0 Å². The molecule has 0 spiro atoms. The minimum atomic E-state index is -1.69. The SMILES string of the molecule is NC(=O)CC(NC(=O)C(CCCN=C(N)N)NC(=O)C(N)Cc1ccc(O)cc1)C(=O)NC(CO)C(=O)O. The summed E-state index contributed by atoms with van der Waals surface area (Å²) in [5.74, 6) is -5.36. The van der Waals surface area contributed by atoms with E-state index in [1.54, 1.807) is 12.1 Å². The highest BCUT2D eigenvalue weighted by molar-refractivity contribution is 5.96. The van der Waals surface area contributed by atoms with E-state index >= 15 is 0 Å². The lowest BCUT2D eigenvalue weighted by molar-refractivity contribution is -0.143. The minimum Gasteiger partial charge on any atom is -0.508 e. The van der Waals surface area contributed by atoms with Gasteiger partial charge in [0.1, 0.15) is 23.9 Å². The van der Waals surface area contributed by atoms with Gasteiger partial charge in [0.15, 0.2) is 5.96 Å². The second-order valence-electron chi connectivity index (χ2n) is 8.30. The van der Waals surface area contributed by atoms with Crippen molar-refractivity contribution in [2.24, 2.45) is 27.9 Å². The highest BCUT2D eigenvalue weighted by Crippen LogP contribution is 2.11. The summed E-state index contributed by atoms with van der Waals surface area (Å²) in [5, 5.41) is 34.3. The highest BCUT2D eigenvalue weighted by atomic mass is 16.4. The Kier molecular flexibility index (Phi) is 13.0. The van der Waals surface area contributed by atoms with E-state index in [0.29, 0.717) is 5.56 Å². The van der Waals surface area contributed by atoms with Crippen LogP contribution in [0, 0.1) is 0 Å². The van der Waals surface area contributed by atoms with Gasteiger partial charge in [-0.3, -0.25) is 24.2 Å². The predicted octanol–water partition coefficient (Wildman–Crippen LogP) is -4.28. The van der Waals surface area contributed by atoms with Crippen molar-refractivity contribution in [2.75, 3.05) is 13.2 Å². The molecule has 1 rings (SSSR count). The first-order chi connectivity index (χ1) is 17.8. The van der Waals surface area contributed by atoms with Crippen molar-refractivity contribution >= 4 is 35.6 Å². The van der Waals surface area contributed by atoms with Crippen molar-refractivity contribution in [2.45, 2.75) is 49.9 Å². The first-order valence-corrected chi connectivity index (χ1v) is 11.5. The number of hydrogen-bond donors (Lipinski definition) is 10. The van der Waals surface area contributed by atoms with Gasteiger partial charge >= 0.3 is 5.97 Å². The molecule has 0 fully saturated rings. The number of guanidine groups is 1. The Morgan fingerprint density at radius 1 is 0.868 bits per heavy atom. The molecule has 1 aromatic rings. The summed E-state index contributed by atoms with van der Waals surface area (Å²) < 4.78 is 0. The zero-order valence-corrected chi connectivity index (χ0v) is 20.5. The van der Waals surface area contributed by atoms with Crippen molar-refractivity contribution in [1.29, 1.82) is 0 Å². The minimum absolute atomic E-state index is 0.000413. The van der Waals surface area contributed by atoms with E-state index in [2.05, 4.69) is 15.6 Å². The fourth-order valence-electron chi connectivity index (χ4n) is 3.17. The normalized spacial score (nSPS) is 13.7. The molecule has 0 aliphatic rings. The van der Waals surface area contributed by atoms with E-state index in [4.69, 9.17) is 33.1 Å². The number of benzene rings is 1. The number of phenols is 1. The predicted molar refractivity (Wildman–Crippen MR) is 134 cm³/mol. The number of carbonyl (C=O) groups excluding carboxylic acids is 4. The molecule has 1 aromatic carbocycles. The summed E-state index contributed by atoms with van der Waals surface area (Å²) in [4.78, 5) is 64.7. The number of nitrogens with two attached hydrogens (primary N) is 4. The number of aromatic hydroxyl groups is 1. The topological polar surface area (TPSA) is 299 Å². The number of aliphatic carboxylic acids is 1. The summed E-state index contributed by atoms with van der Waals surface area (Å²) in [6.45, 7) is -0.829. The Bertz CT molecular complexity index is 1010. The van der Waals surface area contributed by atoms with Crippen molar-refractivity contribution in [3.8, 4) is 5.75 Å². The molecule has 16 heteroatoms. The zero-order valence-electron chi connectivity index (χ0n) is 20.5. The van der Waals surface area contributed by atoms with Crippen molar-refractivity contribution in [3.63, 3.8) is 0 Å². The van der Waals surface area contributed by atoms with Gasteiger partial charge in [-0.15, -0.1) is 0 Å². The molecule has 0 aliphatic carbocycles. The average Bonchev–Trinajstić information content (AvgIpc) is 2.84. The molecule has 14 N–H and O–H groups in total. The number of aliphatic imine (C=N–C) groups is 1. The van der Waals surface area contributed by atoms with Crippen LogP contribution in [0.25, 0.3) is 0 Å². The van der Waals surface area contributed by atoms with Gasteiger partial charge in [0, 0.05) is 6.54 Å². The number of hydrogen-bond acceptors (Lipinski definition) is 9. The molecule has 0 saturated heterocycles. The van der Waals surface area contributed by atoms with E-state index in [-0.39, 0.29) is 37.5 Å². The molecule has 0 aromatic heterocycles. The van der Waals surface area contributed by atoms with Crippen LogP contribution in [0.3, 0.4) is 0 Å². The van der Waals surface area contributed by atoms with Gasteiger partial charge in [-0.1, -0.05) is 12.1 Å². The van der Waals surface area contributed by atoms with Crippen LogP contribution in [0.4, 0.5) is 0 Å². The van der Waals surface area contributed by atoms with Crippen molar-refractivity contribution in [1.82, 2.24) is 16.0 Å². The molecule has 0 radical (unpaired) electrons. The lowest BCUT2D eigenvalue weighted by atomic mass is 10.0. The van der Waals surface area contributed by atoms with Crippen LogP contribution in [0.2, 0.25) is 0 Å². The Morgan fingerprint density at radius 2 is 1.42 bits per heavy atom. The van der Waals surface area contributed by atoms with E-state index in [1.807, 2.05) is 5.32 Å². The van der Waals surface area contributed by atoms with Crippen LogP contribution in [0.1, 0.15) is 24.8 Å². The van der Waals surface area contributed by atoms with E-state index < -0.39 is 66.8 Å². The molecule has 4 atom stereocenters. The van der Waals surface area contributed by atoms with Crippen LogP contribution in [0.15, 0.2) is 29.3 Å². The van der Waals surface area contributed by atoms with E-state index in [9.17, 15) is 29.1 Å². The van der Waals surface area contributed by atoms with Gasteiger partial charge in [-0.2, -0.15) is 0 Å². The van der Waals surface area contributed by atoms with Crippen LogP contribution < -0.4 is 38.9 Å². The molecule has 38 heavy (non-hydrogen) atoms. The number of nitrogens with one attached hydrogen (secondary N) is 3. The molecule has 0 saturated carbocycles. The molecule has 0 bridgehead atoms. The fourth-order valence-corrected chi connectivity index (χ4v) is 3.17. The van der Waals surface area contributed by atoms with Crippen LogP contribution in [0.5, 0.6) is 5.75 Å². The number of carboxylic acid groups (broad SMARTS) is 1. The molecule has 4 unspecified atom stereocenters.